The van der Waals surface area contributed by atoms with E-state index in [1.807, 2.05) is 25.1 Å². The lowest BCUT2D eigenvalue weighted by Gasteiger charge is -2.10. The van der Waals surface area contributed by atoms with Gasteiger partial charge in [0.1, 0.15) is 0 Å². The summed E-state index contributed by atoms with van der Waals surface area (Å²) in [6.45, 7) is 1.47. The summed E-state index contributed by atoms with van der Waals surface area (Å²) in [5.74, 6) is -0.210. The third-order valence-electron chi connectivity index (χ3n) is 3.52. The molecule has 2 rings (SSSR count). The van der Waals surface area contributed by atoms with Gasteiger partial charge in [-0.05, 0) is 63.5 Å². The van der Waals surface area contributed by atoms with Gasteiger partial charge in [0.15, 0.2) is 0 Å². The quantitative estimate of drug-likeness (QED) is 0.707. The lowest BCUT2D eigenvalue weighted by atomic mass is 10.2. The summed E-state index contributed by atoms with van der Waals surface area (Å²) in [4.78, 5) is 14.2. The summed E-state index contributed by atoms with van der Waals surface area (Å²) in [6, 6.07) is 14.6. The van der Waals surface area contributed by atoms with E-state index in [9.17, 15) is 13.2 Å². The van der Waals surface area contributed by atoms with Gasteiger partial charge in [-0.15, -0.1) is 0 Å². The van der Waals surface area contributed by atoms with E-state index < -0.39 is 10.0 Å². The van der Waals surface area contributed by atoms with Crippen LogP contribution in [0, 0.1) is 0 Å². The fourth-order valence-electron chi connectivity index (χ4n) is 2.20. The molecule has 0 unspecified atom stereocenters. The molecule has 0 atom stereocenters. The molecule has 0 aliphatic rings. The molecule has 7 heteroatoms. The second-order valence-corrected chi connectivity index (χ2v) is 7.59. The van der Waals surface area contributed by atoms with E-state index in [1.54, 1.807) is 24.3 Å². The van der Waals surface area contributed by atoms with Crippen LogP contribution in [-0.2, 0) is 10.0 Å². The van der Waals surface area contributed by atoms with Crippen molar-refractivity contribution in [3.63, 3.8) is 0 Å². The van der Waals surface area contributed by atoms with Crippen molar-refractivity contribution < 1.29 is 13.2 Å². The van der Waals surface area contributed by atoms with Crippen molar-refractivity contribution >= 4 is 21.6 Å². The Bertz CT molecular complexity index is 788. The Kier molecular flexibility index (Phi) is 6.55. The maximum atomic E-state index is 12.3. The molecule has 0 fully saturated rings. The van der Waals surface area contributed by atoms with Gasteiger partial charge < -0.3 is 10.2 Å². The average molecular weight is 361 g/mol. The highest BCUT2D eigenvalue weighted by molar-refractivity contribution is 7.92. The standard InChI is InChI=1S/C18H23N3O3S/c1-21(2)14-6-13-19-18(22)15-9-11-17(12-10-15)25(23,24)20-16-7-4-3-5-8-16/h3-5,7-12,20H,6,13-14H2,1-2H3,(H,19,22). The van der Waals surface area contributed by atoms with E-state index in [2.05, 4.69) is 10.0 Å². The molecule has 0 saturated carbocycles. The van der Waals surface area contributed by atoms with Crippen LogP contribution in [0.25, 0.3) is 0 Å². The predicted octanol–water partition coefficient (Wildman–Crippen LogP) is 2.17. The monoisotopic (exact) mass is 361 g/mol. The Morgan fingerprint density at radius 3 is 2.24 bits per heavy atom. The Hall–Kier alpha value is -2.38. The molecule has 2 N–H and O–H groups in total. The first-order chi connectivity index (χ1) is 11.9. The molecule has 2 aromatic rings. The van der Waals surface area contributed by atoms with Gasteiger partial charge in [0, 0.05) is 17.8 Å². The summed E-state index contributed by atoms with van der Waals surface area (Å²) in [5, 5.41) is 2.82. The second-order valence-electron chi connectivity index (χ2n) is 5.91. The molecule has 1 amide bonds. The van der Waals surface area contributed by atoms with Crippen LogP contribution in [0.4, 0.5) is 5.69 Å². The maximum Gasteiger partial charge on any atom is 0.261 e. The first-order valence-corrected chi connectivity index (χ1v) is 9.48. The number of rotatable bonds is 8. The average Bonchev–Trinajstić information content (AvgIpc) is 2.59. The largest absolute Gasteiger partial charge is 0.352 e. The number of anilines is 1. The van der Waals surface area contributed by atoms with Crippen molar-refractivity contribution in [3.8, 4) is 0 Å². The molecular formula is C18H23N3O3S. The highest BCUT2D eigenvalue weighted by Crippen LogP contribution is 2.16. The lowest BCUT2D eigenvalue weighted by Crippen LogP contribution is -2.27. The molecule has 2 aromatic carbocycles. The zero-order valence-corrected chi connectivity index (χ0v) is 15.2. The number of carbonyl (C=O) groups is 1. The van der Waals surface area contributed by atoms with E-state index in [0.717, 1.165) is 13.0 Å². The van der Waals surface area contributed by atoms with E-state index >= 15 is 0 Å². The number of hydrogen-bond acceptors (Lipinski definition) is 4. The van der Waals surface area contributed by atoms with Gasteiger partial charge in [-0.25, -0.2) is 8.42 Å². The van der Waals surface area contributed by atoms with Crippen molar-refractivity contribution in [1.29, 1.82) is 0 Å². The summed E-state index contributed by atoms with van der Waals surface area (Å²) >= 11 is 0. The summed E-state index contributed by atoms with van der Waals surface area (Å²) < 4.78 is 27.2. The maximum absolute atomic E-state index is 12.3. The first-order valence-electron chi connectivity index (χ1n) is 7.99. The van der Waals surface area contributed by atoms with Gasteiger partial charge in [-0.1, -0.05) is 18.2 Å². The molecule has 134 valence electrons. The second kappa shape index (κ2) is 8.64. The number of sulfonamides is 1. The number of hydrogen-bond donors (Lipinski definition) is 2. The van der Waals surface area contributed by atoms with Gasteiger partial charge in [0.05, 0.1) is 4.90 Å². The molecule has 25 heavy (non-hydrogen) atoms. The summed E-state index contributed by atoms with van der Waals surface area (Å²) in [6.07, 6.45) is 0.853. The van der Waals surface area contributed by atoms with E-state index in [-0.39, 0.29) is 10.8 Å². The van der Waals surface area contributed by atoms with Crippen molar-refractivity contribution in [2.24, 2.45) is 0 Å². The molecule has 0 aromatic heterocycles. The SMILES string of the molecule is CN(C)CCCNC(=O)c1ccc(S(=O)(=O)Nc2ccccc2)cc1. The normalized spacial score (nSPS) is 11.3. The number of nitrogens with one attached hydrogen (secondary N) is 2. The third kappa shape index (κ3) is 5.88. The fourth-order valence-corrected chi connectivity index (χ4v) is 3.26. The highest BCUT2D eigenvalue weighted by Gasteiger charge is 2.15. The van der Waals surface area contributed by atoms with Crippen LogP contribution >= 0.6 is 0 Å². The van der Waals surface area contributed by atoms with Crippen LogP contribution in [0.1, 0.15) is 16.8 Å². The van der Waals surface area contributed by atoms with Crippen molar-refractivity contribution in [1.82, 2.24) is 10.2 Å². The van der Waals surface area contributed by atoms with Crippen LogP contribution in [0.3, 0.4) is 0 Å². The molecular weight excluding hydrogens is 338 g/mol. The Morgan fingerprint density at radius 2 is 1.64 bits per heavy atom. The van der Waals surface area contributed by atoms with Gasteiger partial charge in [0.2, 0.25) is 0 Å². The molecule has 0 radical (unpaired) electrons. The van der Waals surface area contributed by atoms with E-state index in [4.69, 9.17) is 0 Å². The third-order valence-corrected chi connectivity index (χ3v) is 4.92. The minimum Gasteiger partial charge on any atom is -0.352 e. The van der Waals surface area contributed by atoms with Gasteiger partial charge >= 0.3 is 0 Å². The molecule has 0 heterocycles. The van der Waals surface area contributed by atoms with Crippen LogP contribution < -0.4 is 10.0 Å². The topological polar surface area (TPSA) is 78.5 Å². The molecule has 6 nitrogen and oxygen atoms in total. The highest BCUT2D eigenvalue weighted by atomic mass is 32.2. The minimum absolute atomic E-state index is 0.112. The number of benzene rings is 2. The van der Waals surface area contributed by atoms with Crippen molar-refractivity contribution in [2.45, 2.75) is 11.3 Å². The van der Waals surface area contributed by atoms with Crippen molar-refractivity contribution in [3.05, 3.63) is 60.2 Å². The zero-order chi connectivity index (χ0) is 18.3. The van der Waals surface area contributed by atoms with Crippen LogP contribution in [0.5, 0.6) is 0 Å². The predicted molar refractivity (Wildman–Crippen MR) is 99.2 cm³/mol. The summed E-state index contributed by atoms with van der Waals surface area (Å²) in [5.41, 5.74) is 0.925. The van der Waals surface area contributed by atoms with Gasteiger partial charge in [0.25, 0.3) is 15.9 Å². The lowest BCUT2D eigenvalue weighted by molar-refractivity contribution is 0.0952. The van der Waals surface area contributed by atoms with Crippen LogP contribution in [0.15, 0.2) is 59.5 Å². The Balaban J connectivity index is 1.97. The van der Waals surface area contributed by atoms with Gasteiger partial charge in [-0.3, -0.25) is 9.52 Å². The number of amides is 1. The Labute approximate surface area is 148 Å². The fraction of sp³-hybridized carbons (Fsp3) is 0.278. The minimum atomic E-state index is -3.67. The molecule has 0 aliphatic carbocycles. The molecule has 0 saturated heterocycles. The number of carbonyl (C=O) groups excluding carboxylic acids is 1. The zero-order valence-electron chi connectivity index (χ0n) is 14.4. The first kappa shape index (κ1) is 19.0. The van der Waals surface area contributed by atoms with Crippen LogP contribution in [-0.4, -0.2) is 46.4 Å². The molecule has 0 spiro atoms. The Morgan fingerprint density at radius 1 is 1.00 bits per heavy atom. The van der Waals surface area contributed by atoms with E-state index in [1.165, 1.54) is 24.3 Å². The van der Waals surface area contributed by atoms with Gasteiger partial charge in [-0.2, -0.15) is 0 Å². The molecule has 0 bridgehead atoms. The smallest absolute Gasteiger partial charge is 0.261 e. The van der Waals surface area contributed by atoms with Crippen LogP contribution in [0.2, 0.25) is 0 Å². The molecule has 0 aliphatic heterocycles. The van der Waals surface area contributed by atoms with E-state index in [0.29, 0.717) is 17.8 Å². The number of para-hydroxylation sites is 1. The number of nitrogens with zero attached hydrogens (tertiary/aromatic N) is 1. The summed E-state index contributed by atoms with van der Waals surface area (Å²) in [7, 11) is 0.280. The van der Waals surface area contributed by atoms with Crippen molar-refractivity contribution in [2.75, 3.05) is 31.9 Å².